The van der Waals surface area contributed by atoms with Crippen molar-refractivity contribution in [3.8, 4) is 34.1 Å². The third-order valence-electron chi connectivity index (χ3n) is 3.65. The van der Waals surface area contributed by atoms with Gasteiger partial charge in [0.2, 0.25) is 0 Å². The molecular weight excluding hydrogens is 320 g/mol. The number of benzene rings is 3. The zero-order chi connectivity index (χ0) is 17.8. The van der Waals surface area contributed by atoms with E-state index in [9.17, 15) is 15.0 Å². The van der Waals surface area contributed by atoms with E-state index < -0.39 is 5.97 Å². The van der Waals surface area contributed by atoms with Crippen molar-refractivity contribution in [2.45, 2.75) is 6.42 Å². The van der Waals surface area contributed by atoms with E-state index >= 15 is 0 Å². The quantitative estimate of drug-likeness (QED) is 0.650. The summed E-state index contributed by atoms with van der Waals surface area (Å²) in [6, 6.07) is 18.8. The van der Waals surface area contributed by atoms with Crippen LogP contribution in [-0.2, 0) is 11.2 Å². The average Bonchev–Trinajstić information content (AvgIpc) is 2.56. The Balaban J connectivity index is 1.93. The monoisotopic (exact) mass is 336 g/mol. The molecule has 0 aromatic heterocycles. The molecule has 3 N–H and O–H groups in total. The molecule has 0 bridgehead atoms. The zero-order valence-electron chi connectivity index (χ0n) is 13.2. The highest BCUT2D eigenvalue weighted by Gasteiger charge is 2.15. The Morgan fingerprint density at radius 2 is 1.52 bits per heavy atom. The number of hydrogen-bond acceptors (Lipinski definition) is 4. The molecular formula is C20H16O5. The van der Waals surface area contributed by atoms with Gasteiger partial charge < -0.3 is 20.1 Å². The standard InChI is InChI=1S/C20H16O5/c21-15-10-14(11-19(23)24)20(18(22)12-15)13-6-8-17(9-7-13)25-16-4-2-1-3-5-16/h1-10,12,21-22H,11H2,(H,23,24). The molecule has 126 valence electrons. The van der Waals surface area contributed by atoms with Crippen LogP contribution in [0.2, 0.25) is 0 Å². The first-order valence-electron chi connectivity index (χ1n) is 7.63. The fourth-order valence-corrected chi connectivity index (χ4v) is 2.62. The Bertz CT molecular complexity index is 886. The van der Waals surface area contributed by atoms with E-state index in [0.717, 1.165) is 0 Å². The van der Waals surface area contributed by atoms with E-state index in [1.807, 2.05) is 30.3 Å². The van der Waals surface area contributed by atoms with E-state index in [-0.39, 0.29) is 17.9 Å². The van der Waals surface area contributed by atoms with Crippen LogP contribution in [0.25, 0.3) is 11.1 Å². The van der Waals surface area contributed by atoms with E-state index in [1.54, 1.807) is 24.3 Å². The van der Waals surface area contributed by atoms with Gasteiger partial charge >= 0.3 is 5.97 Å². The first-order valence-corrected chi connectivity index (χ1v) is 7.63. The summed E-state index contributed by atoms with van der Waals surface area (Å²) in [5.41, 5.74) is 1.35. The number of para-hydroxylation sites is 1. The lowest BCUT2D eigenvalue weighted by atomic mass is 9.96. The SMILES string of the molecule is O=C(O)Cc1cc(O)cc(O)c1-c1ccc(Oc2ccccc2)cc1. The second-order valence-corrected chi connectivity index (χ2v) is 5.51. The van der Waals surface area contributed by atoms with Crippen LogP contribution < -0.4 is 4.74 Å². The number of hydrogen-bond donors (Lipinski definition) is 3. The summed E-state index contributed by atoms with van der Waals surface area (Å²) in [5.74, 6) is -0.0768. The van der Waals surface area contributed by atoms with Crippen LogP contribution in [0.3, 0.4) is 0 Å². The van der Waals surface area contributed by atoms with Gasteiger partial charge in [-0.05, 0) is 41.5 Å². The first kappa shape index (κ1) is 16.4. The highest BCUT2D eigenvalue weighted by molar-refractivity contribution is 5.81. The van der Waals surface area contributed by atoms with E-state index in [2.05, 4.69) is 0 Å². The predicted octanol–water partition coefficient (Wildman–Crippen LogP) is 4.18. The normalized spacial score (nSPS) is 10.4. The molecule has 0 unspecified atom stereocenters. The van der Waals surface area contributed by atoms with Gasteiger partial charge in [0, 0.05) is 11.6 Å². The summed E-state index contributed by atoms with van der Waals surface area (Å²) >= 11 is 0. The Hall–Kier alpha value is -3.47. The van der Waals surface area contributed by atoms with Crippen molar-refractivity contribution in [3.05, 3.63) is 72.3 Å². The fourth-order valence-electron chi connectivity index (χ4n) is 2.62. The van der Waals surface area contributed by atoms with Gasteiger partial charge in [-0.15, -0.1) is 0 Å². The molecule has 0 aliphatic carbocycles. The highest BCUT2D eigenvalue weighted by Crippen LogP contribution is 2.37. The molecule has 3 aromatic carbocycles. The van der Waals surface area contributed by atoms with Gasteiger partial charge in [-0.3, -0.25) is 4.79 Å². The van der Waals surface area contributed by atoms with Crippen LogP contribution in [0, 0.1) is 0 Å². The number of ether oxygens (including phenoxy) is 1. The Kier molecular flexibility index (Phi) is 4.57. The largest absolute Gasteiger partial charge is 0.508 e. The van der Waals surface area contributed by atoms with Crippen LogP contribution in [0.4, 0.5) is 0 Å². The predicted molar refractivity (Wildman–Crippen MR) is 93.1 cm³/mol. The van der Waals surface area contributed by atoms with Crippen molar-refractivity contribution in [1.29, 1.82) is 0 Å². The molecule has 3 aromatic rings. The topological polar surface area (TPSA) is 87.0 Å². The van der Waals surface area contributed by atoms with Gasteiger partial charge in [-0.25, -0.2) is 0 Å². The number of rotatable bonds is 5. The first-order chi connectivity index (χ1) is 12.0. The molecule has 0 amide bonds. The maximum atomic E-state index is 11.0. The lowest BCUT2D eigenvalue weighted by Crippen LogP contribution is -2.02. The van der Waals surface area contributed by atoms with Gasteiger partial charge in [0.05, 0.1) is 6.42 Å². The van der Waals surface area contributed by atoms with Crippen molar-refractivity contribution in [3.63, 3.8) is 0 Å². The number of carboxylic acid groups (broad SMARTS) is 1. The van der Waals surface area contributed by atoms with Gasteiger partial charge in [0.15, 0.2) is 0 Å². The number of aliphatic carboxylic acids is 1. The highest BCUT2D eigenvalue weighted by atomic mass is 16.5. The number of phenolic OH excluding ortho intramolecular Hbond substituents is 2. The summed E-state index contributed by atoms with van der Waals surface area (Å²) in [7, 11) is 0. The second-order valence-electron chi connectivity index (χ2n) is 5.51. The molecule has 0 aliphatic heterocycles. The minimum Gasteiger partial charge on any atom is -0.508 e. The Morgan fingerprint density at radius 1 is 0.880 bits per heavy atom. The number of carboxylic acids is 1. The fraction of sp³-hybridized carbons (Fsp3) is 0.0500. The molecule has 0 saturated carbocycles. The summed E-state index contributed by atoms with van der Waals surface area (Å²) < 4.78 is 5.72. The summed E-state index contributed by atoms with van der Waals surface area (Å²) in [4.78, 5) is 11.0. The summed E-state index contributed by atoms with van der Waals surface area (Å²) in [5, 5.41) is 28.8. The molecule has 25 heavy (non-hydrogen) atoms. The molecule has 0 atom stereocenters. The smallest absolute Gasteiger partial charge is 0.307 e. The number of phenols is 2. The Labute approximate surface area is 144 Å². The minimum absolute atomic E-state index is 0.173. The van der Waals surface area contributed by atoms with Crippen molar-refractivity contribution >= 4 is 5.97 Å². The van der Waals surface area contributed by atoms with Gasteiger partial charge in [-0.1, -0.05) is 30.3 Å². The molecule has 0 heterocycles. The van der Waals surface area contributed by atoms with E-state index in [0.29, 0.717) is 28.2 Å². The van der Waals surface area contributed by atoms with Crippen molar-refractivity contribution in [2.24, 2.45) is 0 Å². The second kappa shape index (κ2) is 6.97. The molecule has 0 aliphatic rings. The molecule has 0 saturated heterocycles. The van der Waals surface area contributed by atoms with Crippen molar-refractivity contribution in [1.82, 2.24) is 0 Å². The molecule has 3 rings (SSSR count). The van der Waals surface area contributed by atoms with Crippen LogP contribution in [0.15, 0.2) is 66.7 Å². The molecule has 5 nitrogen and oxygen atoms in total. The summed E-state index contributed by atoms with van der Waals surface area (Å²) in [6.45, 7) is 0. The molecule has 5 heteroatoms. The van der Waals surface area contributed by atoms with Crippen LogP contribution in [0.5, 0.6) is 23.0 Å². The molecule has 0 radical (unpaired) electrons. The molecule has 0 spiro atoms. The van der Waals surface area contributed by atoms with Crippen LogP contribution in [-0.4, -0.2) is 21.3 Å². The van der Waals surface area contributed by atoms with E-state index in [1.165, 1.54) is 12.1 Å². The van der Waals surface area contributed by atoms with Gasteiger partial charge in [0.25, 0.3) is 0 Å². The van der Waals surface area contributed by atoms with E-state index in [4.69, 9.17) is 9.84 Å². The maximum Gasteiger partial charge on any atom is 0.307 e. The maximum absolute atomic E-state index is 11.0. The third-order valence-corrected chi connectivity index (χ3v) is 3.65. The van der Waals surface area contributed by atoms with Crippen molar-refractivity contribution < 1.29 is 24.9 Å². The zero-order valence-corrected chi connectivity index (χ0v) is 13.2. The van der Waals surface area contributed by atoms with Gasteiger partial charge in [0.1, 0.15) is 23.0 Å². The average molecular weight is 336 g/mol. The molecule has 0 fully saturated rings. The number of carbonyl (C=O) groups is 1. The third kappa shape index (κ3) is 3.90. The summed E-state index contributed by atoms with van der Waals surface area (Å²) in [6.07, 6.45) is -0.306. The minimum atomic E-state index is -1.05. The van der Waals surface area contributed by atoms with Crippen LogP contribution >= 0.6 is 0 Å². The number of aromatic hydroxyl groups is 2. The Morgan fingerprint density at radius 3 is 2.16 bits per heavy atom. The lowest BCUT2D eigenvalue weighted by molar-refractivity contribution is -0.136. The lowest BCUT2D eigenvalue weighted by Gasteiger charge is -2.12. The van der Waals surface area contributed by atoms with Crippen LogP contribution in [0.1, 0.15) is 5.56 Å². The van der Waals surface area contributed by atoms with Gasteiger partial charge in [-0.2, -0.15) is 0 Å². The van der Waals surface area contributed by atoms with Crippen molar-refractivity contribution in [2.75, 3.05) is 0 Å².